The van der Waals surface area contributed by atoms with Gasteiger partial charge in [0.15, 0.2) is 0 Å². The molecule has 5 nitrogen and oxygen atoms in total. The molecule has 1 unspecified atom stereocenters. The van der Waals surface area contributed by atoms with Gasteiger partial charge in [0.05, 0.1) is 17.1 Å². The van der Waals surface area contributed by atoms with Crippen molar-refractivity contribution in [1.82, 2.24) is 9.88 Å². The minimum Gasteiger partial charge on any atom is -0.349 e. The van der Waals surface area contributed by atoms with Crippen molar-refractivity contribution in [2.75, 3.05) is 4.90 Å². The van der Waals surface area contributed by atoms with Crippen LogP contribution < -0.4 is 10.2 Å². The number of amides is 2. The van der Waals surface area contributed by atoms with Crippen molar-refractivity contribution in [3.63, 3.8) is 0 Å². The number of para-hydroxylation sites is 2. The molecular formula is C31H29ClFN3O2. The van der Waals surface area contributed by atoms with Crippen molar-refractivity contribution in [2.45, 2.75) is 45.2 Å². The number of nitrogens with one attached hydrogen (secondary N) is 1. The summed E-state index contributed by atoms with van der Waals surface area (Å²) < 4.78 is 15.8. The zero-order valence-corrected chi connectivity index (χ0v) is 22.3. The molecule has 0 radical (unpaired) electrons. The number of anilines is 1. The van der Waals surface area contributed by atoms with Crippen LogP contribution in [-0.2, 0) is 16.0 Å². The molecule has 0 saturated heterocycles. The van der Waals surface area contributed by atoms with Gasteiger partial charge in [0.25, 0.3) is 0 Å². The maximum atomic E-state index is 13.9. The van der Waals surface area contributed by atoms with Crippen LogP contribution in [-0.4, -0.2) is 21.9 Å². The number of nitrogens with zero attached hydrogens (tertiary/aromatic N) is 2. The van der Waals surface area contributed by atoms with Gasteiger partial charge in [-0.05, 0) is 99.0 Å². The molecule has 194 valence electrons. The zero-order valence-electron chi connectivity index (χ0n) is 21.5. The monoisotopic (exact) mass is 529 g/mol. The number of hydrogen-bond donors (Lipinski definition) is 1. The van der Waals surface area contributed by atoms with E-state index >= 15 is 0 Å². The second kappa shape index (κ2) is 10.1. The van der Waals surface area contributed by atoms with Crippen LogP contribution in [0.25, 0.3) is 16.9 Å². The lowest BCUT2D eigenvalue weighted by molar-refractivity contribution is -0.127. The molecule has 2 heterocycles. The van der Waals surface area contributed by atoms with Gasteiger partial charge in [0.2, 0.25) is 11.8 Å². The van der Waals surface area contributed by atoms with Crippen LogP contribution in [0.5, 0.6) is 0 Å². The average Bonchev–Trinajstić information content (AvgIpc) is 3.28. The fourth-order valence-electron chi connectivity index (χ4n) is 4.94. The largest absolute Gasteiger partial charge is 0.349 e. The summed E-state index contributed by atoms with van der Waals surface area (Å²) in [6.07, 6.45) is 0.702. The van der Waals surface area contributed by atoms with Crippen LogP contribution in [0.15, 0.2) is 84.9 Å². The van der Waals surface area contributed by atoms with E-state index in [0.29, 0.717) is 22.7 Å². The van der Waals surface area contributed by atoms with Gasteiger partial charge in [0.1, 0.15) is 11.9 Å². The van der Waals surface area contributed by atoms with Gasteiger partial charge in [-0.3, -0.25) is 14.5 Å². The molecule has 0 saturated carbocycles. The first-order chi connectivity index (χ1) is 18.1. The highest BCUT2D eigenvalue weighted by molar-refractivity contribution is 6.30. The molecule has 4 aromatic rings. The topological polar surface area (TPSA) is 54.3 Å². The number of hydrogen-bond acceptors (Lipinski definition) is 2. The van der Waals surface area contributed by atoms with E-state index < -0.39 is 11.6 Å². The quantitative estimate of drug-likeness (QED) is 0.313. The first-order valence-electron chi connectivity index (χ1n) is 12.6. The van der Waals surface area contributed by atoms with Crippen molar-refractivity contribution in [3.8, 4) is 16.9 Å². The Morgan fingerprint density at radius 3 is 2.21 bits per heavy atom. The molecule has 1 atom stereocenters. The third-order valence-corrected chi connectivity index (χ3v) is 6.79. The second-order valence-corrected chi connectivity index (χ2v) is 10.9. The van der Waals surface area contributed by atoms with Crippen LogP contribution in [0, 0.1) is 5.82 Å². The summed E-state index contributed by atoms with van der Waals surface area (Å²) in [6, 6.07) is 24.1. The van der Waals surface area contributed by atoms with Gasteiger partial charge in [-0.25, -0.2) is 4.39 Å². The molecule has 1 aromatic heterocycles. The van der Waals surface area contributed by atoms with Gasteiger partial charge in [-0.2, -0.15) is 0 Å². The summed E-state index contributed by atoms with van der Waals surface area (Å²) in [5.74, 6) is -0.742. The number of aryl methyl sites for hydroxylation is 1. The van der Waals surface area contributed by atoms with E-state index in [4.69, 9.17) is 11.6 Å². The molecule has 1 aliphatic rings. The number of carbonyl (C=O) groups excluding carboxylic acids is 2. The maximum Gasteiger partial charge on any atom is 0.248 e. The Hall–Kier alpha value is -3.90. The Kier molecular flexibility index (Phi) is 6.84. The second-order valence-electron chi connectivity index (χ2n) is 10.5. The van der Waals surface area contributed by atoms with Crippen molar-refractivity contribution in [1.29, 1.82) is 0 Å². The molecule has 0 spiro atoms. The summed E-state index contributed by atoms with van der Waals surface area (Å²) in [5, 5.41) is 3.61. The summed E-state index contributed by atoms with van der Waals surface area (Å²) in [6.45, 7) is 5.73. The van der Waals surface area contributed by atoms with Crippen LogP contribution in [0.4, 0.5) is 10.1 Å². The van der Waals surface area contributed by atoms with Crippen molar-refractivity contribution in [3.05, 3.63) is 107 Å². The lowest BCUT2D eigenvalue weighted by Gasteiger charge is -2.36. The molecular weight excluding hydrogens is 501 g/mol. The minimum atomic E-state index is -0.911. The van der Waals surface area contributed by atoms with Gasteiger partial charge >= 0.3 is 0 Å². The van der Waals surface area contributed by atoms with Crippen molar-refractivity contribution < 1.29 is 14.0 Å². The Labute approximate surface area is 226 Å². The molecule has 2 amide bonds. The zero-order chi connectivity index (χ0) is 27.0. The fourth-order valence-corrected chi connectivity index (χ4v) is 5.06. The van der Waals surface area contributed by atoms with E-state index in [1.807, 2.05) is 57.2 Å². The number of aromatic nitrogens is 1. The third-order valence-electron chi connectivity index (χ3n) is 6.54. The van der Waals surface area contributed by atoms with E-state index in [1.54, 1.807) is 41.3 Å². The Morgan fingerprint density at radius 2 is 1.55 bits per heavy atom. The SMILES string of the molecule is CC(C)(C)NC(=O)C(c1ccc(Cl)cc1)N1C(=O)CCc2ccc(-c3ccc(F)cc3)n2-c2ccccc21. The molecule has 1 aliphatic heterocycles. The lowest BCUT2D eigenvalue weighted by Crippen LogP contribution is -2.50. The highest BCUT2D eigenvalue weighted by atomic mass is 35.5. The summed E-state index contributed by atoms with van der Waals surface area (Å²) in [4.78, 5) is 29.3. The highest BCUT2D eigenvalue weighted by Gasteiger charge is 2.36. The fraction of sp³-hybridized carbons (Fsp3) is 0.226. The van der Waals surface area contributed by atoms with Gasteiger partial charge in [-0.1, -0.05) is 35.9 Å². The van der Waals surface area contributed by atoms with Gasteiger partial charge in [-0.15, -0.1) is 0 Å². The molecule has 3 aromatic carbocycles. The number of rotatable bonds is 4. The van der Waals surface area contributed by atoms with E-state index in [9.17, 15) is 14.0 Å². The normalized spacial score (nSPS) is 14.2. The molecule has 5 rings (SSSR count). The minimum absolute atomic E-state index is 0.155. The Balaban J connectivity index is 1.71. The Morgan fingerprint density at radius 1 is 0.895 bits per heavy atom. The van der Waals surface area contributed by atoms with Gasteiger partial charge < -0.3 is 9.88 Å². The van der Waals surface area contributed by atoms with E-state index in [0.717, 1.165) is 22.6 Å². The van der Waals surface area contributed by atoms with Crippen LogP contribution in [0.2, 0.25) is 5.02 Å². The standard InChI is InChI=1S/C31H29ClFN3O2/c1-31(2,3)34-30(38)29(21-8-12-22(32)13-9-21)36-27-7-5-4-6-26(27)35-24(17-19-28(36)37)16-18-25(35)20-10-14-23(33)15-11-20/h4-16,18,29H,17,19H2,1-3H3,(H,34,38). The molecule has 0 fully saturated rings. The van der Waals surface area contributed by atoms with Crippen LogP contribution in [0.3, 0.4) is 0 Å². The predicted molar refractivity (Wildman–Crippen MR) is 149 cm³/mol. The summed E-state index contributed by atoms with van der Waals surface area (Å²) in [5.41, 5.74) is 4.23. The summed E-state index contributed by atoms with van der Waals surface area (Å²) >= 11 is 6.17. The number of benzene rings is 3. The van der Waals surface area contributed by atoms with E-state index in [2.05, 4.69) is 9.88 Å². The van der Waals surface area contributed by atoms with Crippen molar-refractivity contribution in [2.24, 2.45) is 0 Å². The Bertz CT molecular complexity index is 1490. The molecule has 0 aliphatic carbocycles. The molecule has 1 N–H and O–H groups in total. The maximum absolute atomic E-state index is 13.9. The summed E-state index contributed by atoms with van der Waals surface area (Å²) in [7, 11) is 0. The van der Waals surface area contributed by atoms with E-state index in [-0.39, 0.29) is 24.1 Å². The predicted octanol–water partition coefficient (Wildman–Crippen LogP) is 6.87. The number of fused-ring (bicyclic) bond motifs is 3. The van der Waals surface area contributed by atoms with Gasteiger partial charge in [0, 0.05) is 22.7 Å². The lowest BCUT2D eigenvalue weighted by atomic mass is 9.99. The van der Waals surface area contributed by atoms with Crippen LogP contribution >= 0.6 is 11.6 Å². The third kappa shape index (κ3) is 5.09. The number of carbonyl (C=O) groups is 2. The average molecular weight is 530 g/mol. The van der Waals surface area contributed by atoms with Crippen molar-refractivity contribution >= 4 is 29.1 Å². The van der Waals surface area contributed by atoms with E-state index in [1.165, 1.54) is 12.1 Å². The number of halogens is 2. The first-order valence-corrected chi connectivity index (χ1v) is 13.0. The molecule has 0 bridgehead atoms. The smallest absolute Gasteiger partial charge is 0.248 e. The first kappa shape index (κ1) is 25.7. The highest BCUT2D eigenvalue weighted by Crippen LogP contribution is 2.39. The molecule has 38 heavy (non-hydrogen) atoms. The molecule has 7 heteroatoms. The van der Waals surface area contributed by atoms with Crippen LogP contribution in [0.1, 0.15) is 44.5 Å².